The zero-order chi connectivity index (χ0) is 31.7. The molecule has 1 unspecified atom stereocenters. The van der Waals surface area contributed by atoms with E-state index in [2.05, 4.69) is 6.92 Å². The number of alkyl halides is 1. The first-order valence-corrected chi connectivity index (χ1v) is 16.3. The summed E-state index contributed by atoms with van der Waals surface area (Å²) in [5.74, 6) is 0.570. The van der Waals surface area contributed by atoms with E-state index in [-0.39, 0.29) is 28.9 Å². The van der Waals surface area contributed by atoms with Crippen LogP contribution in [0.15, 0.2) is 60.7 Å². The van der Waals surface area contributed by atoms with Gasteiger partial charge in [0, 0.05) is 61.1 Å². The molecule has 45 heavy (non-hydrogen) atoms. The summed E-state index contributed by atoms with van der Waals surface area (Å²) in [6.45, 7) is 6.57. The average molecular weight is 625 g/mol. The molecule has 7 nitrogen and oxygen atoms in total. The first-order valence-electron chi connectivity index (χ1n) is 15.7. The summed E-state index contributed by atoms with van der Waals surface area (Å²) in [7, 11) is 0. The van der Waals surface area contributed by atoms with Crippen molar-refractivity contribution in [1.82, 2.24) is 0 Å². The zero-order valence-corrected chi connectivity index (χ0v) is 26.6. The Morgan fingerprint density at radius 2 is 1.62 bits per heavy atom. The summed E-state index contributed by atoms with van der Waals surface area (Å²) >= 11 is 6.49. The van der Waals surface area contributed by atoms with Gasteiger partial charge in [-0.25, -0.2) is 0 Å². The Hall–Kier alpha value is -4.10. The number of esters is 1. The van der Waals surface area contributed by atoms with E-state index < -0.39 is 11.4 Å². The molecule has 2 aliphatic heterocycles. The van der Waals surface area contributed by atoms with Gasteiger partial charge in [0.05, 0.1) is 16.8 Å². The van der Waals surface area contributed by atoms with Crippen LogP contribution in [0.4, 0.5) is 11.4 Å². The lowest BCUT2D eigenvalue weighted by Crippen LogP contribution is -2.56. The van der Waals surface area contributed by atoms with E-state index in [1.807, 2.05) is 71.3 Å². The molecule has 1 fully saturated rings. The summed E-state index contributed by atoms with van der Waals surface area (Å²) in [6.07, 6.45) is 2.94. The van der Waals surface area contributed by atoms with Crippen molar-refractivity contribution in [3.8, 4) is 11.5 Å². The van der Waals surface area contributed by atoms with Gasteiger partial charge in [-0.2, -0.15) is 0 Å². The molecule has 0 aromatic heterocycles. The van der Waals surface area contributed by atoms with Gasteiger partial charge in [0.1, 0.15) is 11.5 Å². The number of rotatable bonds is 6. The van der Waals surface area contributed by atoms with Gasteiger partial charge in [0.2, 0.25) is 11.8 Å². The second-order valence-electron chi connectivity index (χ2n) is 13.4. The van der Waals surface area contributed by atoms with Gasteiger partial charge < -0.3 is 19.6 Å². The number of benzene rings is 4. The zero-order valence-electron chi connectivity index (χ0n) is 25.9. The minimum atomic E-state index is -0.599. The Morgan fingerprint density at radius 1 is 0.956 bits per heavy atom. The fourth-order valence-electron chi connectivity index (χ4n) is 8.49. The molecule has 1 aliphatic carbocycles. The van der Waals surface area contributed by atoms with Crippen LogP contribution in [-0.4, -0.2) is 41.9 Å². The number of aromatic hydroxyl groups is 1. The highest BCUT2D eigenvalue weighted by Crippen LogP contribution is 2.60. The van der Waals surface area contributed by atoms with Gasteiger partial charge >= 0.3 is 5.97 Å². The smallest absolute Gasteiger partial charge is 0.308 e. The molecule has 3 aliphatic rings. The minimum absolute atomic E-state index is 0.0225. The fourth-order valence-corrected chi connectivity index (χ4v) is 8.74. The molecule has 0 spiro atoms. The number of hydrogen-bond acceptors (Lipinski definition) is 5. The standard InChI is InChI=1S/C37H37ClN2O5/c1-4-37(35(44)40-19-23(18-38)34-28-12-8-7-11-27(28)32(16-30(34)40)45-22(2)41)20-36(3,21-37)17-33(43)39-14-13-25-24-9-5-6-10-26(24)31(42)15-29(25)39/h5-12,15-16,23,42H,4,13-14,17-21H2,1-3H3. The number of carbonyl (C=O) groups excluding carboxylic acids is 3. The number of carbonyl (C=O) groups is 3. The molecule has 2 heterocycles. The summed E-state index contributed by atoms with van der Waals surface area (Å²) in [5, 5.41) is 14.2. The molecule has 4 aromatic rings. The second-order valence-corrected chi connectivity index (χ2v) is 13.7. The van der Waals surface area contributed by atoms with Crippen molar-refractivity contribution in [3.63, 3.8) is 0 Å². The van der Waals surface area contributed by atoms with Crippen molar-refractivity contribution < 1.29 is 24.2 Å². The number of ether oxygens (including phenoxy) is 1. The Balaban J connectivity index is 1.14. The van der Waals surface area contributed by atoms with Gasteiger partial charge in [-0.15, -0.1) is 11.6 Å². The lowest BCUT2D eigenvalue weighted by Gasteiger charge is -2.54. The van der Waals surface area contributed by atoms with Crippen LogP contribution >= 0.6 is 11.6 Å². The third-order valence-corrected chi connectivity index (χ3v) is 10.7. The predicted octanol–water partition coefficient (Wildman–Crippen LogP) is 7.47. The lowest BCUT2D eigenvalue weighted by atomic mass is 9.50. The van der Waals surface area contributed by atoms with Crippen LogP contribution in [0.1, 0.15) is 63.5 Å². The molecule has 232 valence electrons. The van der Waals surface area contributed by atoms with E-state index >= 15 is 0 Å². The largest absolute Gasteiger partial charge is 0.507 e. The van der Waals surface area contributed by atoms with Gasteiger partial charge in [-0.05, 0) is 53.0 Å². The second kappa shape index (κ2) is 10.8. The Labute approximate surface area is 267 Å². The molecule has 1 saturated carbocycles. The maximum atomic E-state index is 14.5. The average Bonchev–Trinajstić information content (AvgIpc) is 3.61. The van der Waals surface area contributed by atoms with Crippen LogP contribution in [0.25, 0.3) is 21.5 Å². The van der Waals surface area contributed by atoms with Crippen LogP contribution in [0, 0.1) is 10.8 Å². The quantitative estimate of drug-likeness (QED) is 0.137. The van der Waals surface area contributed by atoms with Crippen molar-refractivity contribution in [2.45, 2.75) is 58.8 Å². The minimum Gasteiger partial charge on any atom is -0.507 e. The van der Waals surface area contributed by atoms with Gasteiger partial charge in [0.25, 0.3) is 0 Å². The molecular formula is C37H37ClN2O5. The number of hydrogen-bond donors (Lipinski definition) is 1. The molecule has 0 saturated heterocycles. The molecule has 1 atom stereocenters. The van der Waals surface area contributed by atoms with E-state index in [1.54, 1.807) is 6.07 Å². The highest BCUT2D eigenvalue weighted by atomic mass is 35.5. The number of phenols is 1. The van der Waals surface area contributed by atoms with Gasteiger partial charge in [-0.3, -0.25) is 14.4 Å². The number of nitrogens with zero attached hydrogens (tertiary/aromatic N) is 2. The fraction of sp³-hybridized carbons (Fsp3) is 0.378. The molecule has 0 radical (unpaired) electrons. The normalized spacial score (nSPS) is 23.6. The van der Waals surface area contributed by atoms with Crippen LogP contribution in [-0.2, 0) is 20.8 Å². The molecule has 7 rings (SSSR count). The van der Waals surface area contributed by atoms with Crippen molar-refractivity contribution in [2.24, 2.45) is 10.8 Å². The van der Waals surface area contributed by atoms with Crippen LogP contribution in [0.2, 0.25) is 0 Å². The topological polar surface area (TPSA) is 87.2 Å². The third-order valence-electron chi connectivity index (χ3n) is 10.3. The van der Waals surface area contributed by atoms with Crippen LogP contribution < -0.4 is 14.5 Å². The van der Waals surface area contributed by atoms with E-state index in [9.17, 15) is 19.5 Å². The summed E-state index contributed by atoms with van der Waals surface area (Å²) < 4.78 is 5.62. The van der Waals surface area contributed by atoms with E-state index in [0.717, 1.165) is 50.5 Å². The number of anilines is 2. The summed E-state index contributed by atoms with van der Waals surface area (Å²) in [4.78, 5) is 43.9. The Bertz CT molecular complexity index is 1900. The SMILES string of the molecule is CCC1(C(=O)N2CC(CCl)c3c2cc(OC(C)=O)c2ccccc32)CC(C)(CC(=O)N2CCc3c2cc(O)c2ccccc32)C1. The first-order chi connectivity index (χ1) is 21.6. The number of fused-ring (bicyclic) bond motifs is 6. The molecule has 2 amide bonds. The van der Waals surface area contributed by atoms with Crippen molar-refractivity contribution >= 4 is 62.3 Å². The maximum absolute atomic E-state index is 14.5. The molecular weight excluding hydrogens is 588 g/mol. The third kappa shape index (κ3) is 4.66. The van der Waals surface area contributed by atoms with Crippen LogP contribution in [0.3, 0.4) is 0 Å². The number of phenolic OH excluding ortho intramolecular Hbond substituents is 1. The van der Waals surface area contributed by atoms with Crippen molar-refractivity contribution in [3.05, 3.63) is 71.8 Å². The van der Waals surface area contributed by atoms with E-state index in [4.69, 9.17) is 16.3 Å². The molecule has 1 N–H and O–H groups in total. The predicted molar refractivity (Wildman–Crippen MR) is 177 cm³/mol. The first kappa shape index (κ1) is 29.6. The summed E-state index contributed by atoms with van der Waals surface area (Å²) in [6, 6.07) is 19.1. The van der Waals surface area contributed by atoms with Crippen LogP contribution in [0.5, 0.6) is 11.5 Å². The van der Waals surface area contributed by atoms with E-state index in [1.165, 1.54) is 6.92 Å². The Morgan fingerprint density at radius 3 is 2.29 bits per heavy atom. The van der Waals surface area contributed by atoms with Gasteiger partial charge in [0.15, 0.2) is 0 Å². The van der Waals surface area contributed by atoms with Gasteiger partial charge in [-0.1, -0.05) is 62.4 Å². The van der Waals surface area contributed by atoms with Crippen molar-refractivity contribution in [1.29, 1.82) is 0 Å². The maximum Gasteiger partial charge on any atom is 0.308 e. The summed E-state index contributed by atoms with van der Waals surface area (Å²) in [5.41, 5.74) is 2.71. The lowest BCUT2D eigenvalue weighted by molar-refractivity contribution is -0.147. The molecule has 4 aromatic carbocycles. The van der Waals surface area contributed by atoms with E-state index in [0.29, 0.717) is 50.4 Å². The highest BCUT2D eigenvalue weighted by Gasteiger charge is 2.58. The number of amides is 2. The molecule has 0 bridgehead atoms. The highest BCUT2D eigenvalue weighted by molar-refractivity contribution is 6.19. The number of halogens is 1. The van der Waals surface area contributed by atoms with Crippen molar-refractivity contribution in [2.75, 3.05) is 28.8 Å². The Kier molecular flexibility index (Phi) is 7.08. The monoisotopic (exact) mass is 624 g/mol. The molecule has 8 heteroatoms.